The summed E-state index contributed by atoms with van der Waals surface area (Å²) < 4.78 is 0. The number of carbonyl (C=O) groups excluding carboxylic acids is 2. The minimum atomic E-state index is -0.180. The van der Waals surface area contributed by atoms with Gasteiger partial charge in [0, 0.05) is 18.0 Å². The number of thiophene rings is 1. The molecule has 1 saturated heterocycles. The number of hydrogen-bond donors (Lipinski definition) is 0. The zero-order valence-corrected chi connectivity index (χ0v) is 10.5. The quantitative estimate of drug-likeness (QED) is 0.745. The maximum absolute atomic E-state index is 11.9. The van der Waals surface area contributed by atoms with Crippen LogP contribution in [0.4, 0.5) is 5.00 Å². The molecule has 2 amide bonds. The van der Waals surface area contributed by atoms with Crippen LogP contribution in [0.5, 0.6) is 0 Å². The standard InChI is InChI=1S/C12H14N2O2S/c1-3-10(15)13-6-7-14(11(16)8-13)12-5-4-9(2)17-12/h3-5H,1,6-8H2,2H3. The predicted octanol–water partition coefficient (Wildman–Crippen LogP) is 1.42. The van der Waals surface area contributed by atoms with Gasteiger partial charge in [-0.25, -0.2) is 0 Å². The van der Waals surface area contributed by atoms with Crippen molar-refractivity contribution in [2.75, 3.05) is 24.5 Å². The Hall–Kier alpha value is -1.62. The van der Waals surface area contributed by atoms with Gasteiger partial charge in [-0.15, -0.1) is 11.3 Å². The third-order valence-electron chi connectivity index (χ3n) is 2.70. The normalized spacial score (nSPS) is 16.2. The molecule has 0 aromatic carbocycles. The minimum absolute atomic E-state index is 0.0340. The van der Waals surface area contributed by atoms with Crippen LogP contribution in [0, 0.1) is 6.92 Å². The van der Waals surface area contributed by atoms with E-state index in [0.717, 1.165) is 5.00 Å². The highest BCUT2D eigenvalue weighted by atomic mass is 32.1. The second-order valence-electron chi connectivity index (χ2n) is 3.89. The van der Waals surface area contributed by atoms with Crippen molar-refractivity contribution >= 4 is 28.2 Å². The lowest BCUT2D eigenvalue weighted by molar-refractivity contribution is -0.133. The molecular formula is C12H14N2O2S. The Morgan fingerprint density at radius 1 is 1.47 bits per heavy atom. The largest absolute Gasteiger partial charge is 0.328 e. The van der Waals surface area contributed by atoms with Crippen LogP contribution in [-0.4, -0.2) is 36.3 Å². The number of piperazine rings is 1. The maximum atomic E-state index is 11.9. The number of rotatable bonds is 2. The van der Waals surface area contributed by atoms with E-state index in [1.807, 2.05) is 19.1 Å². The summed E-state index contributed by atoms with van der Waals surface area (Å²) in [5.74, 6) is -0.214. The molecular weight excluding hydrogens is 236 g/mol. The van der Waals surface area contributed by atoms with Gasteiger partial charge in [0.05, 0.1) is 5.00 Å². The van der Waals surface area contributed by atoms with E-state index >= 15 is 0 Å². The third kappa shape index (κ3) is 2.39. The van der Waals surface area contributed by atoms with Gasteiger partial charge in [0.1, 0.15) is 6.54 Å². The van der Waals surface area contributed by atoms with Crippen LogP contribution in [0.25, 0.3) is 0 Å². The van der Waals surface area contributed by atoms with E-state index in [0.29, 0.717) is 13.1 Å². The monoisotopic (exact) mass is 250 g/mol. The fraction of sp³-hybridized carbons (Fsp3) is 0.333. The first kappa shape index (κ1) is 11.9. The summed E-state index contributed by atoms with van der Waals surface area (Å²) >= 11 is 1.59. The molecule has 0 N–H and O–H groups in total. The molecule has 2 rings (SSSR count). The summed E-state index contributed by atoms with van der Waals surface area (Å²) in [7, 11) is 0. The molecule has 0 saturated carbocycles. The van der Waals surface area contributed by atoms with Crippen LogP contribution in [0.2, 0.25) is 0 Å². The van der Waals surface area contributed by atoms with Gasteiger partial charge in [0.15, 0.2) is 0 Å². The molecule has 0 unspecified atom stereocenters. The van der Waals surface area contributed by atoms with Crippen LogP contribution < -0.4 is 4.90 Å². The van der Waals surface area contributed by atoms with Crippen molar-refractivity contribution in [3.05, 3.63) is 29.7 Å². The zero-order chi connectivity index (χ0) is 12.4. The summed E-state index contributed by atoms with van der Waals surface area (Å²) in [5.41, 5.74) is 0. The lowest BCUT2D eigenvalue weighted by Gasteiger charge is -2.32. The van der Waals surface area contributed by atoms with E-state index in [1.165, 1.54) is 15.9 Å². The minimum Gasteiger partial charge on any atom is -0.328 e. The summed E-state index contributed by atoms with van der Waals surface area (Å²) in [6.45, 7) is 6.70. The van der Waals surface area contributed by atoms with Gasteiger partial charge in [-0.2, -0.15) is 0 Å². The number of aryl methyl sites for hydroxylation is 1. The molecule has 0 radical (unpaired) electrons. The average molecular weight is 250 g/mol. The summed E-state index contributed by atoms with van der Waals surface area (Å²) in [4.78, 5) is 27.8. The van der Waals surface area contributed by atoms with Crippen LogP contribution >= 0.6 is 11.3 Å². The molecule has 1 aromatic rings. The average Bonchev–Trinajstić information content (AvgIpc) is 2.74. The highest BCUT2D eigenvalue weighted by Gasteiger charge is 2.27. The first-order valence-electron chi connectivity index (χ1n) is 5.40. The van der Waals surface area contributed by atoms with Gasteiger partial charge in [-0.3, -0.25) is 9.59 Å². The Morgan fingerprint density at radius 3 is 2.76 bits per heavy atom. The molecule has 1 aliphatic heterocycles. The zero-order valence-electron chi connectivity index (χ0n) is 9.68. The van der Waals surface area contributed by atoms with Crippen molar-refractivity contribution < 1.29 is 9.59 Å². The maximum Gasteiger partial charge on any atom is 0.247 e. The molecule has 1 aromatic heterocycles. The van der Waals surface area contributed by atoms with Crippen molar-refractivity contribution in [2.24, 2.45) is 0 Å². The highest BCUT2D eigenvalue weighted by molar-refractivity contribution is 7.16. The van der Waals surface area contributed by atoms with Gasteiger partial charge in [0.25, 0.3) is 0 Å². The first-order valence-corrected chi connectivity index (χ1v) is 6.21. The van der Waals surface area contributed by atoms with E-state index in [-0.39, 0.29) is 18.4 Å². The molecule has 0 spiro atoms. The van der Waals surface area contributed by atoms with Gasteiger partial charge < -0.3 is 9.80 Å². The molecule has 2 heterocycles. The molecule has 90 valence electrons. The Labute approximate surface area is 104 Å². The van der Waals surface area contributed by atoms with Crippen molar-refractivity contribution in [2.45, 2.75) is 6.92 Å². The van der Waals surface area contributed by atoms with E-state index in [1.54, 1.807) is 16.2 Å². The van der Waals surface area contributed by atoms with E-state index in [2.05, 4.69) is 6.58 Å². The third-order valence-corrected chi connectivity index (χ3v) is 3.72. The lowest BCUT2D eigenvalue weighted by Crippen LogP contribution is -2.51. The first-order chi connectivity index (χ1) is 8.11. The molecule has 1 aliphatic rings. The van der Waals surface area contributed by atoms with Crippen molar-refractivity contribution in [3.8, 4) is 0 Å². The number of nitrogens with zero attached hydrogens (tertiary/aromatic N) is 2. The fourth-order valence-corrected chi connectivity index (χ4v) is 2.70. The number of amides is 2. The van der Waals surface area contributed by atoms with Gasteiger partial charge in [-0.05, 0) is 25.1 Å². The van der Waals surface area contributed by atoms with Gasteiger partial charge >= 0.3 is 0 Å². The van der Waals surface area contributed by atoms with E-state index < -0.39 is 0 Å². The second kappa shape index (κ2) is 4.71. The summed E-state index contributed by atoms with van der Waals surface area (Å²) in [5, 5.41) is 0.957. The topological polar surface area (TPSA) is 40.6 Å². The summed E-state index contributed by atoms with van der Waals surface area (Å²) in [6, 6.07) is 3.94. The SMILES string of the molecule is C=CC(=O)N1CCN(c2ccc(C)s2)C(=O)C1. The van der Waals surface area contributed by atoms with Crippen LogP contribution in [0.1, 0.15) is 4.88 Å². The van der Waals surface area contributed by atoms with Crippen LogP contribution in [0.15, 0.2) is 24.8 Å². The van der Waals surface area contributed by atoms with Crippen molar-refractivity contribution in [1.82, 2.24) is 4.90 Å². The highest BCUT2D eigenvalue weighted by Crippen LogP contribution is 2.26. The Kier molecular flexibility index (Phi) is 3.28. The Morgan fingerprint density at radius 2 is 2.24 bits per heavy atom. The predicted molar refractivity (Wildman–Crippen MR) is 68.2 cm³/mol. The fourth-order valence-electron chi connectivity index (χ4n) is 1.79. The molecule has 17 heavy (non-hydrogen) atoms. The molecule has 0 bridgehead atoms. The Balaban J connectivity index is 2.08. The molecule has 4 nitrogen and oxygen atoms in total. The Bertz CT molecular complexity index is 467. The van der Waals surface area contributed by atoms with Gasteiger partial charge in [0.2, 0.25) is 11.8 Å². The van der Waals surface area contributed by atoms with E-state index in [9.17, 15) is 9.59 Å². The molecule has 5 heteroatoms. The van der Waals surface area contributed by atoms with Crippen LogP contribution in [-0.2, 0) is 9.59 Å². The van der Waals surface area contributed by atoms with E-state index in [4.69, 9.17) is 0 Å². The lowest BCUT2D eigenvalue weighted by atomic mass is 10.3. The molecule has 0 atom stereocenters. The van der Waals surface area contributed by atoms with Crippen LogP contribution in [0.3, 0.4) is 0 Å². The number of carbonyl (C=O) groups is 2. The van der Waals surface area contributed by atoms with Crippen molar-refractivity contribution in [1.29, 1.82) is 0 Å². The number of hydrogen-bond acceptors (Lipinski definition) is 3. The molecule has 1 fully saturated rings. The second-order valence-corrected chi connectivity index (χ2v) is 5.16. The van der Waals surface area contributed by atoms with Gasteiger partial charge in [-0.1, -0.05) is 6.58 Å². The summed E-state index contributed by atoms with van der Waals surface area (Å²) in [6.07, 6.45) is 1.25. The molecule has 0 aliphatic carbocycles. The number of anilines is 1. The van der Waals surface area contributed by atoms with Crippen molar-refractivity contribution in [3.63, 3.8) is 0 Å². The smallest absolute Gasteiger partial charge is 0.247 e.